The van der Waals surface area contributed by atoms with E-state index in [0.29, 0.717) is 5.69 Å². The molecule has 1 aromatic heterocycles. The summed E-state index contributed by atoms with van der Waals surface area (Å²) in [6.07, 6.45) is 2.54. The number of ether oxygens (including phenoxy) is 1. The molecule has 1 aromatic carbocycles. The van der Waals surface area contributed by atoms with Crippen molar-refractivity contribution in [1.29, 1.82) is 0 Å². The Balaban J connectivity index is 2.24. The molecule has 5 nitrogen and oxygen atoms in total. The number of carbonyl (C=O) groups excluding carboxylic acids is 2. The maximum absolute atomic E-state index is 12.0. The molecule has 2 rings (SSSR count). The van der Waals surface area contributed by atoms with E-state index in [4.69, 9.17) is 4.42 Å². The van der Waals surface area contributed by atoms with Crippen molar-refractivity contribution in [2.75, 3.05) is 12.4 Å². The zero-order valence-corrected chi connectivity index (χ0v) is 12.7. The number of furan rings is 1. The zero-order chi connectivity index (χ0) is 15.2. The van der Waals surface area contributed by atoms with Crippen LogP contribution in [0.1, 0.15) is 10.6 Å². The quantitative estimate of drug-likeness (QED) is 0.509. The summed E-state index contributed by atoms with van der Waals surface area (Å²) in [7, 11) is 1.25. The number of hydrogen-bond donors (Lipinski definition) is 1. The van der Waals surface area contributed by atoms with Crippen LogP contribution in [-0.4, -0.2) is 18.9 Å². The van der Waals surface area contributed by atoms with Crippen molar-refractivity contribution in [2.45, 2.75) is 0 Å². The molecular formula is C15H12BrNO4. The van der Waals surface area contributed by atoms with Gasteiger partial charge < -0.3 is 14.5 Å². The number of halogens is 1. The van der Waals surface area contributed by atoms with Gasteiger partial charge in [0.1, 0.15) is 5.70 Å². The number of rotatable bonds is 5. The molecule has 21 heavy (non-hydrogen) atoms. The average Bonchev–Trinajstić information content (AvgIpc) is 3.02. The van der Waals surface area contributed by atoms with Crippen LogP contribution in [0.3, 0.4) is 0 Å². The number of methoxy groups -OCH3 is 1. The highest BCUT2D eigenvalue weighted by Crippen LogP contribution is 2.16. The van der Waals surface area contributed by atoms with Crippen LogP contribution in [-0.2, 0) is 9.53 Å². The minimum atomic E-state index is -0.641. The standard InChI is InChI=1S/C15H12BrNO4/c1-20-15(19)12(9-13(18)14-3-2-8-21-14)17-11-6-4-10(16)5-7-11/h2-9,17H,1H3/b12-9-. The van der Waals surface area contributed by atoms with E-state index in [-0.39, 0.29) is 11.5 Å². The number of carbonyl (C=O) groups is 2. The Morgan fingerprint density at radius 3 is 2.52 bits per heavy atom. The van der Waals surface area contributed by atoms with Crippen LogP contribution in [0, 0.1) is 0 Å². The summed E-state index contributed by atoms with van der Waals surface area (Å²) in [6, 6.07) is 10.3. The van der Waals surface area contributed by atoms with Gasteiger partial charge in [0.05, 0.1) is 13.4 Å². The van der Waals surface area contributed by atoms with E-state index in [0.717, 1.165) is 10.5 Å². The maximum Gasteiger partial charge on any atom is 0.354 e. The molecule has 0 saturated carbocycles. The lowest BCUT2D eigenvalue weighted by atomic mass is 10.2. The molecule has 0 fully saturated rings. The molecule has 0 aliphatic heterocycles. The van der Waals surface area contributed by atoms with Gasteiger partial charge in [-0.05, 0) is 36.4 Å². The van der Waals surface area contributed by atoms with Crippen molar-refractivity contribution in [3.63, 3.8) is 0 Å². The van der Waals surface area contributed by atoms with Gasteiger partial charge in [0, 0.05) is 16.2 Å². The first-order valence-electron chi connectivity index (χ1n) is 6.00. The molecule has 0 saturated heterocycles. The molecule has 1 heterocycles. The van der Waals surface area contributed by atoms with Crippen LogP contribution in [0.25, 0.3) is 0 Å². The van der Waals surface area contributed by atoms with Crippen molar-refractivity contribution < 1.29 is 18.7 Å². The first-order valence-corrected chi connectivity index (χ1v) is 6.80. The highest BCUT2D eigenvalue weighted by Gasteiger charge is 2.14. The number of allylic oxidation sites excluding steroid dienone is 1. The number of ketones is 1. The molecule has 0 radical (unpaired) electrons. The molecule has 2 aromatic rings. The Kier molecular flexibility index (Phi) is 4.94. The van der Waals surface area contributed by atoms with Gasteiger partial charge in [-0.1, -0.05) is 15.9 Å². The molecule has 0 atom stereocenters. The van der Waals surface area contributed by atoms with E-state index < -0.39 is 11.8 Å². The number of nitrogens with one attached hydrogen (secondary N) is 1. The van der Waals surface area contributed by atoms with Crippen LogP contribution >= 0.6 is 15.9 Å². The molecule has 0 unspecified atom stereocenters. The molecule has 0 aliphatic carbocycles. The van der Waals surface area contributed by atoms with Crippen LogP contribution in [0.5, 0.6) is 0 Å². The van der Waals surface area contributed by atoms with Gasteiger partial charge >= 0.3 is 5.97 Å². The number of anilines is 1. The molecule has 0 spiro atoms. The second-order valence-electron chi connectivity index (χ2n) is 4.02. The van der Waals surface area contributed by atoms with Gasteiger partial charge in [0.2, 0.25) is 5.78 Å². The van der Waals surface area contributed by atoms with Crippen molar-refractivity contribution in [2.24, 2.45) is 0 Å². The van der Waals surface area contributed by atoms with Crippen LogP contribution in [0.2, 0.25) is 0 Å². The van der Waals surface area contributed by atoms with Crippen LogP contribution in [0.4, 0.5) is 5.69 Å². The Morgan fingerprint density at radius 2 is 1.95 bits per heavy atom. The molecule has 108 valence electrons. The largest absolute Gasteiger partial charge is 0.464 e. The molecular weight excluding hydrogens is 338 g/mol. The normalized spacial score (nSPS) is 11.0. The molecule has 0 bridgehead atoms. The lowest BCUT2D eigenvalue weighted by Gasteiger charge is -2.08. The molecule has 0 amide bonds. The highest BCUT2D eigenvalue weighted by molar-refractivity contribution is 9.10. The van der Waals surface area contributed by atoms with E-state index >= 15 is 0 Å². The van der Waals surface area contributed by atoms with Crippen LogP contribution in [0.15, 0.2) is 63.3 Å². The first kappa shape index (κ1) is 15.1. The summed E-state index contributed by atoms with van der Waals surface area (Å²) in [4.78, 5) is 23.7. The van der Waals surface area contributed by atoms with E-state index in [9.17, 15) is 9.59 Å². The van der Waals surface area contributed by atoms with E-state index in [1.807, 2.05) is 12.1 Å². The van der Waals surface area contributed by atoms with Gasteiger partial charge in [0.25, 0.3) is 0 Å². The SMILES string of the molecule is COC(=O)/C(=C/C(=O)c1ccco1)Nc1ccc(Br)cc1. The van der Waals surface area contributed by atoms with E-state index in [1.165, 1.54) is 19.4 Å². The number of benzene rings is 1. The molecule has 6 heteroatoms. The first-order chi connectivity index (χ1) is 10.1. The second-order valence-corrected chi connectivity index (χ2v) is 4.94. The third-order valence-electron chi connectivity index (χ3n) is 2.57. The summed E-state index contributed by atoms with van der Waals surface area (Å²) in [5.74, 6) is -0.920. The number of esters is 1. The smallest absolute Gasteiger partial charge is 0.354 e. The molecule has 1 N–H and O–H groups in total. The van der Waals surface area contributed by atoms with Crippen LogP contribution < -0.4 is 5.32 Å². The summed E-state index contributed by atoms with van der Waals surface area (Å²) in [5, 5.41) is 2.85. The predicted molar refractivity (Wildman–Crippen MR) is 80.9 cm³/mol. The maximum atomic E-state index is 12.0. The Labute approximate surface area is 129 Å². The van der Waals surface area contributed by atoms with Gasteiger partial charge in [-0.3, -0.25) is 4.79 Å². The predicted octanol–water partition coefficient (Wildman–Crippen LogP) is 3.39. The zero-order valence-electron chi connectivity index (χ0n) is 11.1. The van der Waals surface area contributed by atoms with Crippen molar-refractivity contribution >= 4 is 33.4 Å². The van der Waals surface area contributed by atoms with E-state index in [2.05, 4.69) is 26.0 Å². The number of hydrogen-bond acceptors (Lipinski definition) is 5. The Hall–Kier alpha value is -2.34. The minimum absolute atomic E-state index is 0.0289. The fourth-order valence-electron chi connectivity index (χ4n) is 1.57. The minimum Gasteiger partial charge on any atom is -0.464 e. The van der Waals surface area contributed by atoms with Crippen molar-refractivity contribution in [3.8, 4) is 0 Å². The van der Waals surface area contributed by atoms with Gasteiger partial charge in [-0.2, -0.15) is 0 Å². The average molecular weight is 350 g/mol. The second kappa shape index (κ2) is 6.90. The van der Waals surface area contributed by atoms with Gasteiger partial charge in [0.15, 0.2) is 5.76 Å². The van der Waals surface area contributed by atoms with Crippen molar-refractivity contribution in [3.05, 3.63) is 64.7 Å². The summed E-state index contributed by atoms with van der Waals surface area (Å²) in [5.41, 5.74) is 0.684. The lowest BCUT2D eigenvalue weighted by molar-refractivity contribution is -0.135. The summed E-state index contributed by atoms with van der Waals surface area (Å²) >= 11 is 3.32. The van der Waals surface area contributed by atoms with Crippen molar-refractivity contribution in [1.82, 2.24) is 0 Å². The van der Waals surface area contributed by atoms with Gasteiger partial charge in [-0.15, -0.1) is 0 Å². The Morgan fingerprint density at radius 1 is 1.24 bits per heavy atom. The highest BCUT2D eigenvalue weighted by atomic mass is 79.9. The fourth-order valence-corrected chi connectivity index (χ4v) is 1.83. The Bertz CT molecular complexity index is 659. The lowest BCUT2D eigenvalue weighted by Crippen LogP contribution is -2.15. The fraction of sp³-hybridized carbons (Fsp3) is 0.0667. The van der Waals surface area contributed by atoms with E-state index in [1.54, 1.807) is 18.2 Å². The third kappa shape index (κ3) is 4.06. The summed E-state index contributed by atoms with van der Waals surface area (Å²) < 4.78 is 10.6. The summed E-state index contributed by atoms with van der Waals surface area (Å²) in [6.45, 7) is 0. The topological polar surface area (TPSA) is 68.5 Å². The van der Waals surface area contributed by atoms with Gasteiger partial charge in [-0.25, -0.2) is 4.79 Å². The monoisotopic (exact) mass is 349 g/mol. The third-order valence-corrected chi connectivity index (χ3v) is 3.10. The molecule has 0 aliphatic rings.